The molecule has 0 amide bonds. The molecule has 17 heavy (non-hydrogen) atoms. The molecular weight excluding hydrogens is 208 g/mol. The van der Waals surface area contributed by atoms with Gasteiger partial charge in [0, 0.05) is 12.1 Å². The van der Waals surface area contributed by atoms with Crippen molar-refractivity contribution in [3.05, 3.63) is 35.4 Å². The molecular formula is C15H22N2. The maximum absolute atomic E-state index is 6.36. The van der Waals surface area contributed by atoms with Gasteiger partial charge in [-0.1, -0.05) is 29.8 Å². The Balaban J connectivity index is 1.87. The Morgan fingerprint density at radius 2 is 1.82 bits per heavy atom. The number of nitrogens with two attached hydrogens (primary N) is 1. The van der Waals surface area contributed by atoms with Crippen LogP contribution in [-0.2, 0) is 0 Å². The van der Waals surface area contributed by atoms with Crippen molar-refractivity contribution in [2.45, 2.75) is 50.7 Å². The van der Waals surface area contributed by atoms with E-state index in [0.717, 1.165) is 6.04 Å². The summed E-state index contributed by atoms with van der Waals surface area (Å²) >= 11 is 0. The third-order valence-electron chi connectivity index (χ3n) is 4.15. The highest BCUT2D eigenvalue weighted by molar-refractivity contribution is 5.26. The zero-order chi connectivity index (χ0) is 11.8. The van der Waals surface area contributed by atoms with Crippen LogP contribution in [0, 0.1) is 6.92 Å². The molecule has 1 aliphatic heterocycles. The van der Waals surface area contributed by atoms with Crippen LogP contribution in [0.5, 0.6) is 0 Å². The first-order valence-corrected chi connectivity index (χ1v) is 6.83. The molecule has 1 aliphatic carbocycles. The molecule has 1 saturated heterocycles. The van der Waals surface area contributed by atoms with E-state index in [4.69, 9.17) is 5.73 Å². The van der Waals surface area contributed by atoms with Crippen molar-refractivity contribution in [2.24, 2.45) is 5.73 Å². The van der Waals surface area contributed by atoms with Crippen molar-refractivity contribution in [3.8, 4) is 0 Å². The lowest BCUT2D eigenvalue weighted by atomic mass is 9.90. The first-order chi connectivity index (χ1) is 8.25. The molecule has 0 radical (unpaired) electrons. The molecule has 2 nitrogen and oxygen atoms in total. The van der Waals surface area contributed by atoms with E-state index in [-0.39, 0.29) is 0 Å². The summed E-state index contributed by atoms with van der Waals surface area (Å²) in [4.78, 5) is 2.65. The van der Waals surface area contributed by atoms with Crippen LogP contribution in [0.2, 0.25) is 0 Å². The van der Waals surface area contributed by atoms with Crippen molar-refractivity contribution < 1.29 is 0 Å². The van der Waals surface area contributed by atoms with Gasteiger partial charge in [0.15, 0.2) is 0 Å². The summed E-state index contributed by atoms with van der Waals surface area (Å²) in [7, 11) is 0. The normalized spacial score (nSPS) is 30.5. The molecule has 1 aromatic carbocycles. The van der Waals surface area contributed by atoms with Crippen LogP contribution in [0.1, 0.15) is 42.9 Å². The zero-order valence-corrected chi connectivity index (χ0v) is 10.6. The number of hydrogen-bond donors (Lipinski definition) is 1. The summed E-state index contributed by atoms with van der Waals surface area (Å²) in [6, 6.07) is 10.5. The second-order valence-corrected chi connectivity index (χ2v) is 5.63. The molecule has 0 bridgehead atoms. The molecule has 1 aromatic rings. The summed E-state index contributed by atoms with van der Waals surface area (Å²) in [5, 5.41) is 0. The van der Waals surface area contributed by atoms with Crippen LogP contribution in [0.25, 0.3) is 0 Å². The Labute approximate surface area is 104 Å². The highest BCUT2D eigenvalue weighted by Crippen LogP contribution is 2.39. The Kier molecular flexibility index (Phi) is 2.93. The predicted molar refractivity (Wildman–Crippen MR) is 70.9 cm³/mol. The van der Waals surface area contributed by atoms with Crippen LogP contribution >= 0.6 is 0 Å². The van der Waals surface area contributed by atoms with Crippen LogP contribution in [0.4, 0.5) is 0 Å². The van der Waals surface area contributed by atoms with Gasteiger partial charge >= 0.3 is 0 Å². The standard InChI is InChI=1S/C15H22N2/c1-11-4-6-12(7-5-11)15-14(16)3-2-10-17(15)13-8-9-13/h4-7,13-15H,2-3,8-10,16H2,1H3. The quantitative estimate of drug-likeness (QED) is 0.846. The van der Waals surface area contributed by atoms with Gasteiger partial charge in [-0.05, 0) is 44.7 Å². The SMILES string of the molecule is Cc1ccc(C2C(N)CCCN2C2CC2)cc1. The van der Waals surface area contributed by atoms with Gasteiger partial charge in [-0.25, -0.2) is 0 Å². The molecule has 0 aromatic heterocycles. The minimum absolute atomic E-state index is 0.312. The van der Waals surface area contributed by atoms with Crippen LogP contribution in [-0.4, -0.2) is 23.5 Å². The highest BCUT2D eigenvalue weighted by atomic mass is 15.2. The third-order valence-corrected chi connectivity index (χ3v) is 4.15. The monoisotopic (exact) mass is 230 g/mol. The minimum atomic E-state index is 0.312. The zero-order valence-electron chi connectivity index (χ0n) is 10.6. The van der Waals surface area contributed by atoms with Crippen molar-refractivity contribution in [1.29, 1.82) is 0 Å². The Hall–Kier alpha value is -0.860. The van der Waals surface area contributed by atoms with E-state index in [2.05, 4.69) is 36.1 Å². The van der Waals surface area contributed by atoms with Gasteiger partial charge in [0.05, 0.1) is 6.04 Å². The average Bonchev–Trinajstić information content (AvgIpc) is 3.14. The number of rotatable bonds is 2. The molecule has 0 spiro atoms. The Morgan fingerprint density at radius 1 is 1.12 bits per heavy atom. The number of nitrogens with zero attached hydrogens (tertiary/aromatic N) is 1. The third kappa shape index (κ3) is 2.24. The van der Waals surface area contributed by atoms with Gasteiger partial charge in [0.1, 0.15) is 0 Å². The maximum Gasteiger partial charge on any atom is 0.0502 e. The maximum atomic E-state index is 6.36. The van der Waals surface area contributed by atoms with E-state index in [1.165, 1.54) is 43.4 Å². The summed E-state index contributed by atoms with van der Waals surface area (Å²) in [6.45, 7) is 3.38. The largest absolute Gasteiger partial charge is 0.326 e. The molecule has 92 valence electrons. The van der Waals surface area contributed by atoms with E-state index in [0.29, 0.717) is 12.1 Å². The predicted octanol–water partition coefficient (Wildman–Crippen LogP) is 2.62. The van der Waals surface area contributed by atoms with E-state index < -0.39 is 0 Å². The van der Waals surface area contributed by atoms with Crippen LogP contribution in [0.15, 0.2) is 24.3 Å². The first-order valence-electron chi connectivity index (χ1n) is 6.83. The second-order valence-electron chi connectivity index (χ2n) is 5.63. The van der Waals surface area contributed by atoms with E-state index in [1.54, 1.807) is 0 Å². The molecule has 2 fully saturated rings. The molecule has 2 heteroatoms. The number of likely N-dealkylation sites (tertiary alicyclic amines) is 1. The van der Waals surface area contributed by atoms with E-state index in [9.17, 15) is 0 Å². The van der Waals surface area contributed by atoms with E-state index in [1.807, 2.05) is 0 Å². The lowest BCUT2D eigenvalue weighted by Gasteiger charge is -2.40. The number of aryl methyl sites for hydroxylation is 1. The fourth-order valence-electron chi connectivity index (χ4n) is 3.07. The van der Waals surface area contributed by atoms with Gasteiger partial charge in [-0.2, -0.15) is 0 Å². The Bertz CT molecular complexity index is 380. The summed E-state index contributed by atoms with van der Waals surface area (Å²) in [5.41, 5.74) is 9.10. The lowest BCUT2D eigenvalue weighted by molar-refractivity contribution is 0.120. The van der Waals surface area contributed by atoms with Gasteiger partial charge in [0.2, 0.25) is 0 Å². The van der Waals surface area contributed by atoms with Gasteiger partial charge in [-0.15, -0.1) is 0 Å². The van der Waals surface area contributed by atoms with Crippen LogP contribution in [0.3, 0.4) is 0 Å². The van der Waals surface area contributed by atoms with Crippen molar-refractivity contribution in [1.82, 2.24) is 4.90 Å². The number of benzene rings is 1. The molecule has 2 aliphatic rings. The highest BCUT2D eigenvalue weighted by Gasteiger charge is 2.39. The molecule has 2 N–H and O–H groups in total. The lowest BCUT2D eigenvalue weighted by Crippen LogP contribution is -2.46. The summed E-state index contributed by atoms with van der Waals surface area (Å²) < 4.78 is 0. The fraction of sp³-hybridized carbons (Fsp3) is 0.600. The molecule has 2 atom stereocenters. The summed E-state index contributed by atoms with van der Waals surface area (Å²) in [5.74, 6) is 0. The molecule has 3 rings (SSSR count). The van der Waals surface area contributed by atoms with E-state index >= 15 is 0 Å². The number of hydrogen-bond acceptors (Lipinski definition) is 2. The van der Waals surface area contributed by atoms with Gasteiger partial charge < -0.3 is 5.73 Å². The van der Waals surface area contributed by atoms with Gasteiger partial charge in [-0.3, -0.25) is 4.90 Å². The fourth-order valence-corrected chi connectivity index (χ4v) is 3.07. The van der Waals surface area contributed by atoms with Crippen molar-refractivity contribution >= 4 is 0 Å². The minimum Gasteiger partial charge on any atom is -0.326 e. The Morgan fingerprint density at radius 3 is 2.47 bits per heavy atom. The average molecular weight is 230 g/mol. The van der Waals surface area contributed by atoms with Crippen molar-refractivity contribution in [3.63, 3.8) is 0 Å². The van der Waals surface area contributed by atoms with Crippen molar-refractivity contribution in [2.75, 3.05) is 6.54 Å². The first kappa shape index (κ1) is 11.2. The second kappa shape index (κ2) is 4.43. The van der Waals surface area contributed by atoms with Gasteiger partial charge in [0.25, 0.3) is 0 Å². The smallest absolute Gasteiger partial charge is 0.0502 e. The van der Waals surface area contributed by atoms with Crippen LogP contribution < -0.4 is 5.73 Å². The molecule has 2 unspecified atom stereocenters. The molecule has 1 saturated carbocycles. The summed E-state index contributed by atoms with van der Waals surface area (Å²) in [6.07, 6.45) is 5.17. The topological polar surface area (TPSA) is 29.3 Å². The molecule has 1 heterocycles. The number of piperidine rings is 1.